The van der Waals surface area contributed by atoms with Crippen LogP contribution in [0.1, 0.15) is 19.3 Å². The highest BCUT2D eigenvalue weighted by Gasteiger charge is 2.14. The predicted octanol–water partition coefficient (Wildman–Crippen LogP) is 3.96. The molecule has 1 aromatic heterocycles. The molecule has 4 rings (SSSR count). The van der Waals surface area contributed by atoms with Crippen LogP contribution in [-0.2, 0) is 6.54 Å². The van der Waals surface area contributed by atoms with E-state index in [2.05, 4.69) is 39.8 Å². The number of nitrogen functional groups attached to an aromatic ring is 2. The number of piperidine rings is 1. The van der Waals surface area contributed by atoms with Crippen molar-refractivity contribution in [3.8, 4) is 11.3 Å². The van der Waals surface area contributed by atoms with Crippen LogP contribution in [0.25, 0.3) is 22.2 Å². The van der Waals surface area contributed by atoms with Crippen molar-refractivity contribution in [2.24, 2.45) is 0 Å². The molecule has 2 heterocycles. The van der Waals surface area contributed by atoms with Crippen molar-refractivity contribution in [2.45, 2.75) is 25.8 Å². The van der Waals surface area contributed by atoms with Crippen molar-refractivity contribution in [3.05, 3.63) is 48.5 Å². The van der Waals surface area contributed by atoms with Gasteiger partial charge in [0, 0.05) is 41.1 Å². The molecule has 0 radical (unpaired) electrons. The highest BCUT2D eigenvalue weighted by atomic mass is 15.2. The Morgan fingerprint density at radius 2 is 1.48 bits per heavy atom. The van der Waals surface area contributed by atoms with E-state index >= 15 is 0 Å². The lowest BCUT2D eigenvalue weighted by Gasteiger charge is -2.27. The summed E-state index contributed by atoms with van der Waals surface area (Å²) in [6, 6.07) is 16.6. The Kier molecular flexibility index (Phi) is 4.36. The summed E-state index contributed by atoms with van der Waals surface area (Å²) in [5.74, 6) is 0. The summed E-state index contributed by atoms with van der Waals surface area (Å²) < 4.78 is 2.43. The quantitative estimate of drug-likeness (QED) is 0.710. The average Bonchev–Trinajstić information content (AvgIpc) is 2.99. The summed E-state index contributed by atoms with van der Waals surface area (Å²) in [5, 5.41) is 1.20. The largest absolute Gasteiger partial charge is 0.399 e. The Morgan fingerprint density at radius 1 is 0.760 bits per heavy atom. The van der Waals surface area contributed by atoms with Crippen LogP contribution in [0.2, 0.25) is 0 Å². The van der Waals surface area contributed by atoms with Crippen molar-refractivity contribution in [3.63, 3.8) is 0 Å². The first-order valence-corrected chi connectivity index (χ1v) is 9.18. The molecule has 1 aliphatic rings. The van der Waals surface area contributed by atoms with Gasteiger partial charge in [-0.05, 0) is 67.9 Å². The third kappa shape index (κ3) is 3.35. The van der Waals surface area contributed by atoms with E-state index in [4.69, 9.17) is 11.5 Å². The molecule has 0 amide bonds. The lowest BCUT2D eigenvalue weighted by Crippen LogP contribution is -2.32. The van der Waals surface area contributed by atoms with Gasteiger partial charge in [-0.25, -0.2) is 0 Å². The summed E-state index contributed by atoms with van der Waals surface area (Å²) in [5.41, 5.74) is 17.1. The molecule has 3 aromatic rings. The molecule has 4 N–H and O–H groups in total. The van der Waals surface area contributed by atoms with Crippen LogP contribution in [0.3, 0.4) is 0 Å². The number of nitrogens with zero attached hydrogens (tertiary/aromatic N) is 2. The molecular weight excluding hydrogens is 308 g/mol. The molecule has 0 spiro atoms. The highest BCUT2D eigenvalue weighted by molar-refractivity contribution is 5.89. The minimum absolute atomic E-state index is 0.795. The SMILES string of the molecule is Nc1ccc(-c2cc3cc(N)ccc3n2CCN2CCCCC2)cc1. The van der Waals surface area contributed by atoms with Gasteiger partial charge in [-0.1, -0.05) is 18.6 Å². The Labute approximate surface area is 149 Å². The maximum absolute atomic E-state index is 6.00. The first kappa shape index (κ1) is 16.0. The number of hydrogen-bond donors (Lipinski definition) is 2. The van der Waals surface area contributed by atoms with Crippen LogP contribution < -0.4 is 11.5 Å². The zero-order valence-electron chi connectivity index (χ0n) is 14.6. The van der Waals surface area contributed by atoms with E-state index in [1.807, 2.05) is 18.2 Å². The number of fused-ring (bicyclic) bond motifs is 1. The maximum atomic E-state index is 6.00. The van der Waals surface area contributed by atoms with Crippen LogP contribution in [0.4, 0.5) is 11.4 Å². The van der Waals surface area contributed by atoms with Crippen LogP contribution in [-0.4, -0.2) is 29.1 Å². The van der Waals surface area contributed by atoms with E-state index in [1.54, 1.807) is 0 Å². The minimum atomic E-state index is 0.795. The summed E-state index contributed by atoms with van der Waals surface area (Å²) >= 11 is 0. The second kappa shape index (κ2) is 6.81. The molecule has 0 atom stereocenters. The maximum Gasteiger partial charge on any atom is 0.0491 e. The van der Waals surface area contributed by atoms with Crippen LogP contribution in [0.15, 0.2) is 48.5 Å². The smallest absolute Gasteiger partial charge is 0.0491 e. The number of likely N-dealkylation sites (tertiary alicyclic amines) is 1. The number of anilines is 2. The topological polar surface area (TPSA) is 60.2 Å². The lowest BCUT2D eigenvalue weighted by molar-refractivity contribution is 0.222. The number of benzene rings is 2. The van der Waals surface area contributed by atoms with Gasteiger partial charge in [0.05, 0.1) is 0 Å². The molecule has 0 aliphatic carbocycles. The molecule has 1 aliphatic heterocycles. The molecule has 0 unspecified atom stereocenters. The molecule has 1 saturated heterocycles. The van der Waals surface area contributed by atoms with Gasteiger partial charge >= 0.3 is 0 Å². The number of nitrogens with two attached hydrogens (primary N) is 2. The lowest BCUT2D eigenvalue weighted by atomic mass is 10.1. The fourth-order valence-corrected chi connectivity index (χ4v) is 3.85. The normalized spacial score (nSPS) is 15.7. The summed E-state index contributed by atoms with van der Waals surface area (Å²) in [6.07, 6.45) is 4.03. The fourth-order valence-electron chi connectivity index (χ4n) is 3.85. The standard InChI is InChI=1S/C21H26N4/c22-18-6-4-16(5-7-18)21-15-17-14-19(23)8-9-20(17)25(21)13-12-24-10-2-1-3-11-24/h4-9,14-15H,1-3,10-13,22-23H2. The molecule has 4 nitrogen and oxygen atoms in total. The Hall–Kier alpha value is -2.46. The van der Waals surface area contributed by atoms with Crippen molar-refractivity contribution >= 4 is 22.3 Å². The van der Waals surface area contributed by atoms with E-state index < -0.39 is 0 Å². The number of aromatic nitrogens is 1. The van der Waals surface area contributed by atoms with Gasteiger partial charge in [-0.3, -0.25) is 0 Å². The zero-order valence-corrected chi connectivity index (χ0v) is 14.6. The van der Waals surface area contributed by atoms with E-state index in [9.17, 15) is 0 Å². The molecule has 2 aromatic carbocycles. The van der Waals surface area contributed by atoms with Gasteiger partial charge < -0.3 is 20.9 Å². The average molecular weight is 334 g/mol. The number of rotatable bonds is 4. The first-order valence-electron chi connectivity index (χ1n) is 9.18. The van der Waals surface area contributed by atoms with Gasteiger partial charge in [0.2, 0.25) is 0 Å². The van der Waals surface area contributed by atoms with E-state index in [1.165, 1.54) is 54.5 Å². The van der Waals surface area contributed by atoms with Crippen LogP contribution in [0.5, 0.6) is 0 Å². The van der Waals surface area contributed by atoms with Gasteiger partial charge in [0.15, 0.2) is 0 Å². The van der Waals surface area contributed by atoms with Crippen molar-refractivity contribution in [1.29, 1.82) is 0 Å². The van der Waals surface area contributed by atoms with E-state index in [0.29, 0.717) is 0 Å². The van der Waals surface area contributed by atoms with Gasteiger partial charge in [0.1, 0.15) is 0 Å². The Balaban J connectivity index is 1.71. The molecule has 25 heavy (non-hydrogen) atoms. The molecule has 1 fully saturated rings. The van der Waals surface area contributed by atoms with Crippen molar-refractivity contribution < 1.29 is 0 Å². The van der Waals surface area contributed by atoms with Crippen LogP contribution >= 0.6 is 0 Å². The number of hydrogen-bond acceptors (Lipinski definition) is 3. The minimum Gasteiger partial charge on any atom is -0.399 e. The second-order valence-electron chi connectivity index (χ2n) is 7.02. The Bertz CT molecular complexity index is 857. The van der Waals surface area contributed by atoms with E-state index in [-0.39, 0.29) is 0 Å². The molecule has 4 heteroatoms. The fraction of sp³-hybridized carbons (Fsp3) is 0.333. The van der Waals surface area contributed by atoms with Crippen molar-refractivity contribution in [2.75, 3.05) is 31.1 Å². The summed E-state index contributed by atoms with van der Waals surface area (Å²) in [6.45, 7) is 4.54. The third-order valence-electron chi connectivity index (χ3n) is 5.22. The molecular formula is C21H26N4. The zero-order chi connectivity index (χ0) is 17.2. The van der Waals surface area contributed by atoms with E-state index in [0.717, 1.165) is 24.5 Å². The predicted molar refractivity (Wildman–Crippen MR) is 106 cm³/mol. The second-order valence-corrected chi connectivity index (χ2v) is 7.02. The van der Waals surface area contributed by atoms with Gasteiger partial charge in [-0.15, -0.1) is 0 Å². The first-order chi connectivity index (χ1) is 12.2. The third-order valence-corrected chi connectivity index (χ3v) is 5.22. The van der Waals surface area contributed by atoms with Crippen LogP contribution in [0, 0.1) is 0 Å². The highest BCUT2D eigenvalue weighted by Crippen LogP contribution is 2.30. The van der Waals surface area contributed by atoms with Crippen molar-refractivity contribution in [1.82, 2.24) is 9.47 Å². The van der Waals surface area contributed by atoms with Gasteiger partial charge in [-0.2, -0.15) is 0 Å². The molecule has 130 valence electrons. The summed E-state index contributed by atoms with van der Waals surface area (Å²) in [7, 11) is 0. The molecule has 0 bridgehead atoms. The molecule has 0 saturated carbocycles. The summed E-state index contributed by atoms with van der Waals surface area (Å²) in [4.78, 5) is 2.58. The monoisotopic (exact) mass is 334 g/mol. The van der Waals surface area contributed by atoms with Gasteiger partial charge in [0.25, 0.3) is 0 Å². The Morgan fingerprint density at radius 3 is 2.24 bits per heavy atom.